The molecule has 132 valence electrons. The van der Waals surface area contributed by atoms with Crippen molar-refractivity contribution in [3.63, 3.8) is 0 Å². The molecule has 0 bridgehead atoms. The van der Waals surface area contributed by atoms with E-state index >= 15 is 0 Å². The first kappa shape index (κ1) is 17.1. The molecular formula is C17H15N5O4. The highest BCUT2D eigenvalue weighted by Gasteiger charge is 2.12. The average Bonchev–Trinajstić information content (AvgIpc) is 2.67. The van der Waals surface area contributed by atoms with Gasteiger partial charge in [0, 0.05) is 24.5 Å². The summed E-state index contributed by atoms with van der Waals surface area (Å²) in [6.45, 7) is 2.07. The van der Waals surface area contributed by atoms with Crippen LogP contribution in [0.15, 0.2) is 52.3 Å². The molecule has 0 radical (unpaired) electrons. The van der Waals surface area contributed by atoms with Gasteiger partial charge >= 0.3 is 11.1 Å². The normalized spacial score (nSPS) is 10.5. The van der Waals surface area contributed by atoms with Gasteiger partial charge in [-0.1, -0.05) is 0 Å². The van der Waals surface area contributed by atoms with E-state index in [1.165, 1.54) is 29.1 Å². The minimum absolute atomic E-state index is 0.209. The molecule has 0 atom stereocenters. The summed E-state index contributed by atoms with van der Waals surface area (Å²) in [6, 6.07) is 7.66. The van der Waals surface area contributed by atoms with E-state index in [-0.39, 0.29) is 5.56 Å². The molecule has 0 aliphatic rings. The van der Waals surface area contributed by atoms with Gasteiger partial charge in [0.1, 0.15) is 0 Å². The Labute approximate surface area is 146 Å². The molecule has 9 nitrogen and oxygen atoms in total. The van der Waals surface area contributed by atoms with Crippen LogP contribution in [0.3, 0.4) is 0 Å². The SMILES string of the molecule is CCn1c(=O)c(=O)[nH]c2cc(C(=O)NNC(=O)c3cccnc3)ccc21. The predicted octanol–water partition coefficient (Wildman–Crippen LogP) is 0.180. The summed E-state index contributed by atoms with van der Waals surface area (Å²) in [5.41, 5.74) is 4.52. The third kappa shape index (κ3) is 3.22. The third-order valence-corrected chi connectivity index (χ3v) is 3.77. The highest BCUT2D eigenvalue weighted by molar-refractivity contribution is 6.00. The maximum absolute atomic E-state index is 12.2. The topological polar surface area (TPSA) is 126 Å². The van der Waals surface area contributed by atoms with Gasteiger partial charge in [0.15, 0.2) is 0 Å². The van der Waals surface area contributed by atoms with Crippen LogP contribution < -0.4 is 22.0 Å². The fraction of sp³-hybridized carbons (Fsp3) is 0.118. The van der Waals surface area contributed by atoms with Crippen molar-refractivity contribution in [1.82, 2.24) is 25.4 Å². The maximum Gasteiger partial charge on any atom is 0.316 e. The van der Waals surface area contributed by atoms with Gasteiger partial charge in [0.05, 0.1) is 16.6 Å². The van der Waals surface area contributed by atoms with Gasteiger partial charge < -0.3 is 9.55 Å². The van der Waals surface area contributed by atoms with Gasteiger partial charge in [-0.05, 0) is 37.3 Å². The number of nitrogens with one attached hydrogen (secondary N) is 3. The van der Waals surface area contributed by atoms with Crippen LogP contribution in [0.5, 0.6) is 0 Å². The molecule has 0 fully saturated rings. The van der Waals surface area contributed by atoms with Crippen LogP contribution in [-0.2, 0) is 6.54 Å². The van der Waals surface area contributed by atoms with E-state index in [0.29, 0.717) is 23.1 Å². The number of nitrogens with zero attached hydrogens (tertiary/aromatic N) is 2. The largest absolute Gasteiger partial charge is 0.316 e. The molecule has 3 N–H and O–H groups in total. The first-order chi connectivity index (χ1) is 12.5. The van der Waals surface area contributed by atoms with Gasteiger partial charge in [-0.25, -0.2) is 0 Å². The number of hydrogen-bond donors (Lipinski definition) is 3. The molecule has 26 heavy (non-hydrogen) atoms. The van der Waals surface area contributed by atoms with Crippen LogP contribution >= 0.6 is 0 Å². The fourth-order valence-corrected chi connectivity index (χ4v) is 2.49. The van der Waals surface area contributed by atoms with Crippen molar-refractivity contribution in [2.24, 2.45) is 0 Å². The lowest BCUT2D eigenvalue weighted by Gasteiger charge is -2.10. The Morgan fingerprint density at radius 2 is 1.85 bits per heavy atom. The number of hydrazine groups is 1. The summed E-state index contributed by atoms with van der Waals surface area (Å²) in [7, 11) is 0. The Bertz CT molecular complexity index is 1100. The lowest BCUT2D eigenvalue weighted by atomic mass is 10.2. The number of carbonyl (C=O) groups is 2. The van der Waals surface area contributed by atoms with E-state index in [1.54, 1.807) is 25.1 Å². The number of hydrogen-bond acceptors (Lipinski definition) is 5. The molecule has 0 spiro atoms. The van der Waals surface area contributed by atoms with E-state index in [4.69, 9.17) is 0 Å². The van der Waals surface area contributed by atoms with Crippen LogP contribution in [0.1, 0.15) is 27.6 Å². The Kier molecular flexibility index (Phi) is 4.61. The zero-order chi connectivity index (χ0) is 18.7. The molecule has 0 unspecified atom stereocenters. The number of rotatable bonds is 3. The number of fused-ring (bicyclic) bond motifs is 1. The molecule has 3 rings (SSSR count). The van der Waals surface area contributed by atoms with Crippen LogP contribution in [0.4, 0.5) is 0 Å². The van der Waals surface area contributed by atoms with Gasteiger partial charge in [-0.3, -0.25) is 35.0 Å². The molecule has 2 amide bonds. The predicted molar refractivity (Wildman–Crippen MR) is 93.7 cm³/mol. The first-order valence-electron chi connectivity index (χ1n) is 7.79. The zero-order valence-electron chi connectivity index (χ0n) is 13.8. The summed E-state index contributed by atoms with van der Waals surface area (Å²) in [5.74, 6) is -1.08. The number of H-pyrrole nitrogens is 1. The monoisotopic (exact) mass is 353 g/mol. The van der Waals surface area contributed by atoms with Gasteiger partial charge in [0.25, 0.3) is 11.8 Å². The van der Waals surface area contributed by atoms with Crippen LogP contribution in [0.2, 0.25) is 0 Å². The second kappa shape index (κ2) is 7.01. The van der Waals surface area contributed by atoms with Gasteiger partial charge in [-0.2, -0.15) is 0 Å². The smallest absolute Gasteiger partial charge is 0.316 e. The zero-order valence-corrected chi connectivity index (χ0v) is 13.8. The first-order valence-corrected chi connectivity index (χ1v) is 7.79. The number of benzene rings is 1. The maximum atomic E-state index is 12.2. The number of aromatic nitrogens is 3. The standard InChI is InChI=1S/C17H15N5O4/c1-2-22-13-6-5-10(8-12(13)19-16(25)17(22)26)14(23)20-21-15(24)11-4-3-7-18-9-11/h3-9H,2H2,1H3,(H,19,25)(H,20,23)(H,21,24). The minimum atomic E-state index is -0.762. The minimum Gasteiger partial charge on any atom is -0.316 e. The van der Waals surface area contributed by atoms with Gasteiger partial charge in [0.2, 0.25) is 0 Å². The number of pyridine rings is 1. The summed E-state index contributed by atoms with van der Waals surface area (Å²) >= 11 is 0. The molecule has 9 heteroatoms. The van der Waals surface area contributed by atoms with Crippen molar-refractivity contribution >= 4 is 22.8 Å². The van der Waals surface area contributed by atoms with E-state index in [2.05, 4.69) is 20.8 Å². The summed E-state index contributed by atoms with van der Waals surface area (Å²) < 4.78 is 1.32. The quantitative estimate of drug-likeness (QED) is 0.457. The van der Waals surface area contributed by atoms with Crippen molar-refractivity contribution in [3.8, 4) is 0 Å². The van der Waals surface area contributed by atoms with E-state index in [1.807, 2.05) is 0 Å². The summed E-state index contributed by atoms with van der Waals surface area (Å²) in [5, 5.41) is 0. The molecule has 2 heterocycles. The van der Waals surface area contributed by atoms with Crippen molar-refractivity contribution < 1.29 is 9.59 Å². The highest BCUT2D eigenvalue weighted by Crippen LogP contribution is 2.11. The average molecular weight is 353 g/mol. The Balaban J connectivity index is 1.83. The molecule has 0 saturated carbocycles. The Morgan fingerprint density at radius 3 is 2.50 bits per heavy atom. The van der Waals surface area contributed by atoms with Crippen molar-refractivity contribution in [1.29, 1.82) is 0 Å². The van der Waals surface area contributed by atoms with Gasteiger partial charge in [-0.15, -0.1) is 0 Å². The van der Waals surface area contributed by atoms with E-state index in [0.717, 1.165) is 0 Å². The van der Waals surface area contributed by atoms with Crippen molar-refractivity contribution in [3.05, 3.63) is 74.6 Å². The molecule has 2 aromatic heterocycles. The molecular weight excluding hydrogens is 338 g/mol. The molecule has 0 aliphatic heterocycles. The van der Waals surface area contributed by atoms with E-state index in [9.17, 15) is 19.2 Å². The van der Waals surface area contributed by atoms with Crippen LogP contribution in [-0.4, -0.2) is 26.3 Å². The van der Waals surface area contributed by atoms with Crippen LogP contribution in [0.25, 0.3) is 11.0 Å². The Morgan fingerprint density at radius 1 is 1.12 bits per heavy atom. The molecule has 0 aliphatic carbocycles. The summed E-state index contributed by atoms with van der Waals surface area (Å²) in [6.07, 6.45) is 2.90. The number of amides is 2. The third-order valence-electron chi connectivity index (χ3n) is 3.77. The number of aryl methyl sites for hydroxylation is 1. The van der Waals surface area contributed by atoms with Crippen molar-refractivity contribution in [2.45, 2.75) is 13.5 Å². The second-order valence-corrected chi connectivity index (χ2v) is 5.39. The lowest BCUT2D eigenvalue weighted by Crippen LogP contribution is -2.41. The fourth-order valence-electron chi connectivity index (χ4n) is 2.49. The molecule has 0 saturated heterocycles. The number of aromatic amines is 1. The van der Waals surface area contributed by atoms with Crippen LogP contribution in [0, 0.1) is 0 Å². The summed E-state index contributed by atoms with van der Waals surface area (Å²) in [4.78, 5) is 54.0. The molecule has 3 aromatic rings. The molecule has 1 aromatic carbocycles. The Hall–Kier alpha value is -3.75. The van der Waals surface area contributed by atoms with Crippen molar-refractivity contribution in [2.75, 3.05) is 0 Å². The number of carbonyl (C=O) groups excluding carboxylic acids is 2. The second-order valence-electron chi connectivity index (χ2n) is 5.39. The highest BCUT2D eigenvalue weighted by atomic mass is 16.2. The lowest BCUT2D eigenvalue weighted by molar-refractivity contribution is 0.0846. The van der Waals surface area contributed by atoms with E-state index < -0.39 is 22.9 Å².